The van der Waals surface area contributed by atoms with Crippen molar-refractivity contribution < 1.29 is 4.79 Å². The van der Waals surface area contributed by atoms with Crippen molar-refractivity contribution in [2.24, 2.45) is 0 Å². The van der Waals surface area contributed by atoms with Gasteiger partial charge in [0.25, 0.3) is 5.91 Å². The number of aryl methyl sites for hydroxylation is 1. The maximum Gasteiger partial charge on any atom is 0.251 e. The number of nitrogen functional groups attached to an aromatic ring is 1. The van der Waals surface area contributed by atoms with Gasteiger partial charge in [0.2, 0.25) is 11.1 Å². The number of nitrogens with one attached hydrogen (secondary N) is 2. The van der Waals surface area contributed by atoms with Gasteiger partial charge in [-0.15, -0.1) is 0 Å². The number of carbonyl (C=O) groups excluding carboxylic acids is 1. The third kappa shape index (κ3) is 3.92. The predicted octanol–water partition coefficient (Wildman–Crippen LogP) is 1.27. The Bertz CT molecular complexity index is 552. The van der Waals surface area contributed by atoms with Crippen LogP contribution in [-0.4, -0.2) is 28.4 Å². The van der Waals surface area contributed by atoms with Gasteiger partial charge in [0, 0.05) is 30.2 Å². The lowest BCUT2D eigenvalue weighted by molar-refractivity contribution is 0.0955. The van der Waals surface area contributed by atoms with Gasteiger partial charge in [-0.25, -0.2) is 0 Å². The van der Waals surface area contributed by atoms with Crippen molar-refractivity contribution in [2.45, 2.75) is 6.92 Å². The van der Waals surface area contributed by atoms with Crippen LogP contribution in [0, 0.1) is 6.92 Å². The molecule has 0 aliphatic rings. The molecule has 0 bridgehead atoms. The van der Waals surface area contributed by atoms with Crippen LogP contribution in [0.2, 0.25) is 0 Å². The number of benzene rings is 1. The second kappa shape index (κ2) is 6.14. The van der Waals surface area contributed by atoms with E-state index in [1.54, 1.807) is 0 Å². The van der Waals surface area contributed by atoms with Crippen LogP contribution in [0.25, 0.3) is 0 Å². The quantitative estimate of drug-likeness (QED) is 0.716. The zero-order chi connectivity index (χ0) is 13.7. The minimum atomic E-state index is -0.0847. The predicted molar refractivity (Wildman–Crippen MR) is 76.3 cm³/mol. The summed E-state index contributed by atoms with van der Waals surface area (Å²) in [6.45, 7) is 3.07. The minimum absolute atomic E-state index is 0.0847. The van der Waals surface area contributed by atoms with E-state index in [9.17, 15) is 4.79 Å². The Balaban J connectivity index is 1.73. The Morgan fingerprint density at radius 3 is 2.68 bits per heavy atom. The van der Waals surface area contributed by atoms with E-state index in [0.717, 1.165) is 5.56 Å². The van der Waals surface area contributed by atoms with Gasteiger partial charge in [0.1, 0.15) is 0 Å². The largest absolute Gasteiger partial charge is 0.367 e. The third-order valence-corrected chi connectivity index (χ3v) is 3.13. The molecule has 0 atom stereocenters. The van der Waals surface area contributed by atoms with E-state index in [1.807, 2.05) is 31.2 Å². The van der Waals surface area contributed by atoms with Gasteiger partial charge in [-0.2, -0.15) is 9.36 Å². The molecule has 1 aromatic carbocycles. The molecule has 19 heavy (non-hydrogen) atoms. The first-order chi connectivity index (χ1) is 9.15. The summed E-state index contributed by atoms with van der Waals surface area (Å²) < 4.78 is 3.84. The molecule has 100 valence electrons. The molecule has 0 radical (unpaired) electrons. The highest BCUT2D eigenvalue weighted by Crippen LogP contribution is 2.10. The molecule has 7 heteroatoms. The highest BCUT2D eigenvalue weighted by atomic mass is 32.1. The lowest BCUT2D eigenvalue weighted by Crippen LogP contribution is -2.28. The van der Waals surface area contributed by atoms with Crippen LogP contribution in [0.4, 0.5) is 11.1 Å². The topological polar surface area (TPSA) is 92.9 Å². The van der Waals surface area contributed by atoms with Crippen molar-refractivity contribution in [3.05, 3.63) is 35.4 Å². The number of rotatable bonds is 5. The highest BCUT2D eigenvalue weighted by molar-refractivity contribution is 7.09. The summed E-state index contributed by atoms with van der Waals surface area (Å²) in [6, 6.07) is 7.45. The number of anilines is 2. The molecule has 2 aromatic rings. The van der Waals surface area contributed by atoms with Crippen LogP contribution in [0.15, 0.2) is 24.3 Å². The van der Waals surface area contributed by atoms with Gasteiger partial charge in [-0.1, -0.05) is 17.7 Å². The fourth-order valence-electron chi connectivity index (χ4n) is 1.46. The second-order valence-electron chi connectivity index (χ2n) is 4.01. The lowest BCUT2D eigenvalue weighted by atomic mass is 10.1. The molecule has 0 aliphatic heterocycles. The first kappa shape index (κ1) is 13.3. The Morgan fingerprint density at radius 1 is 1.32 bits per heavy atom. The van der Waals surface area contributed by atoms with Gasteiger partial charge < -0.3 is 16.4 Å². The van der Waals surface area contributed by atoms with Crippen LogP contribution >= 0.6 is 11.5 Å². The summed E-state index contributed by atoms with van der Waals surface area (Å²) >= 11 is 1.20. The van der Waals surface area contributed by atoms with E-state index in [1.165, 1.54) is 11.5 Å². The molecular formula is C12H15N5OS. The van der Waals surface area contributed by atoms with Gasteiger partial charge in [-0.3, -0.25) is 4.79 Å². The van der Waals surface area contributed by atoms with Crippen LogP contribution in [0.3, 0.4) is 0 Å². The smallest absolute Gasteiger partial charge is 0.251 e. The van der Waals surface area contributed by atoms with E-state index in [-0.39, 0.29) is 11.9 Å². The molecule has 0 fully saturated rings. The molecule has 0 saturated carbocycles. The summed E-state index contributed by atoms with van der Waals surface area (Å²) in [5, 5.41) is 6.51. The van der Waals surface area contributed by atoms with E-state index >= 15 is 0 Å². The molecule has 4 N–H and O–H groups in total. The molecule has 0 saturated heterocycles. The number of nitrogens with zero attached hydrogens (tertiary/aromatic N) is 2. The third-order valence-electron chi connectivity index (χ3n) is 2.44. The summed E-state index contributed by atoms with van der Waals surface area (Å²) in [7, 11) is 0. The van der Waals surface area contributed by atoms with E-state index < -0.39 is 0 Å². The van der Waals surface area contributed by atoms with Crippen molar-refractivity contribution >= 4 is 28.5 Å². The molecule has 1 heterocycles. The number of hydrogen-bond acceptors (Lipinski definition) is 6. The molecule has 1 aromatic heterocycles. The maximum atomic E-state index is 11.8. The number of aromatic nitrogens is 2. The van der Waals surface area contributed by atoms with E-state index in [0.29, 0.717) is 23.8 Å². The molecule has 1 amide bonds. The molecular weight excluding hydrogens is 262 g/mol. The molecule has 6 nitrogen and oxygen atoms in total. The van der Waals surface area contributed by atoms with Crippen molar-refractivity contribution in [3.63, 3.8) is 0 Å². The Morgan fingerprint density at radius 2 is 2.05 bits per heavy atom. The van der Waals surface area contributed by atoms with Crippen molar-refractivity contribution in [2.75, 3.05) is 24.1 Å². The van der Waals surface area contributed by atoms with E-state index in [4.69, 9.17) is 5.73 Å². The number of nitrogens with two attached hydrogens (primary N) is 1. The standard InChI is InChI=1S/C12H15N5OS/c1-8-2-4-9(5-3-8)10(18)14-6-7-15-12-16-11(13)17-19-12/h2-5H,6-7H2,1H3,(H,14,18)(H3,13,15,16,17). The maximum absolute atomic E-state index is 11.8. The van der Waals surface area contributed by atoms with Gasteiger partial charge in [-0.05, 0) is 19.1 Å². The molecule has 0 spiro atoms. The summed E-state index contributed by atoms with van der Waals surface area (Å²) in [6.07, 6.45) is 0. The van der Waals surface area contributed by atoms with Gasteiger partial charge in [0.05, 0.1) is 0 Å². The minimum Gasteiger partial charge on any atom is -0.367 e. The monoisotopic (exact) mass is 277 g/mol. The molecule has 0 unspecified atom stereocenters. The van der Waals surface area contributed by atoms with Crippen LogP contribution in [0.5, 0.6) is 0 Å². The van der Waals surface area contributed by atoms with Crippen LogP contribution in [0.1, 0.15) is 15.9 Å². The second-order valence-corrected chi connectivity index (χ2v) is 4.76. The van der Waals surface area contributed by atoms with Gasteiger partial charge in [0.15, 0.2) is 0 Å². The molecule has 2 rings (SSSR count). The van der Waals surface area contributed by atoms with Crippen molar-refractivity contribution in [1.29, 1.82) is 0 Å². The number of amides is 1. The fraction of sp³-hybridized carbons (Fsp3) is 0.250. The SMILES string of the molecule is Cc1ccc(C(=O)NCCNc2nc(N)ns2)cc1. The average Bonchev–Trinajstić information content (AvgIpc) is 2.81. The van der Waals surface area contributed by atoms with E-state index in [2.05, 4.69) is 20.0 Å². The number of hydrogen-bond donors (Lipinski definition) is 3. The lowest BCUT2D eigenvalue weighted by Gasteiger charge is -2.05. The van der Waals surface area contributed by atoms with Crippen LogP contribution in [-0.2, 0) is 0 Å². The summed E-state index contributed by atoms with van der Waals surface area (Å²) in [5.41, 5.74) is 7.19. The first-order valence-corrected chi connectivity index (χ1v) is 6.60. The summed E-state index contributed by atoms with van der Waals surface area (Å²) in [4.78, 5) is 15.7. The average molecular weight is 277 g/mol. The normalized spacial score (nSPS) is 10.2. The Kier molecular flexibility index (Phi) is 4.30. The Labute approximate surface area is 115 Å². The number of carbonyl (C=O) groups is 1. The molecule has 0 aliphatic carbocycles. The zero-order valence-corrected chi connectivity index (χ0v) is 11.3. The Hall–Kier alpha value is -2.15. The van der Waals surface area contributed by atoms with Crippen LogP contribution < -0.4 is 16.4 Å². The van der Waals surface area contributed by atoms with Gasteiger partial charge >= 0.3 is 0 Å². The first-order valence-electron chi connectivity index (χ1n) is 5.83. The fourth-order valence-corrected chi connectivity index (χ4v) is 1.98. The highest BCUT2D eigenvalue weighted by Gasteiger charge is 2.04. The van der Waals surface area contributed by atoms with Crippen molar-refractivity contribution in [3.8, 4) is 0 Å². The zero-order valence-electron chi connectivity index (χ0n) is 10.5. The van der Waals surface area contributed by atoms with Crippen molar-refractivity contribution in [1.82, 2.24) is 14.7 Å². The summed E-state index contributed by atoms with van der Waals surface area (Å²) in [5.74, 6) is 0.176.